The van der Waals surface area contributed by atoms with Gasteiger partial charge in [0.25, 0.3) is 0 Å². The van der Waals surface area contributed by atoms with Gasteiger partial charge >= 0.3 is 0 Å². The summed E-state index contributed by atoms with van der Waals surface area (Å²) in [5, 5.41) is 0. The van der Waals surface area contributed by atoms with Crippen LogP contribution in [0.1, 0.15) is 17.7 Å². The maximum absolute atomic E-state index is 12.0. The monoisotopic (exact) mass is 257 g/mol. The second-order valence-electron chi connectivity index (χ2n) is 4.62. The SMILES string of the molecule is CN(CCc1ccncc1)C(=O)CCc1ccc[nH]1. The Hall–Kier alpha value is -2.10. The molecule has 2 rings (SSSR count). The van der Waals surface area contributed by atoms with Crippen LogP contribution >= 0.6 is 0 Å². The molecule has 4 heteroatoms. The molecule has 0 spiro atoms. The molecule has 0 atom stereocenters. The molecule has 2 aromatic rings. The normalized spacial score (nSPS) is 10.4. The van der Waals surface area contributed by atoms with Crippen LogP contribution < -0.4 is 0 Å². The van der Waals surface area contributed by atoms with Gasteiger partial charge in [-0.15, -0.1) is 0 Å². The molecule has 0 aliphatic carbocycles. The standard InChI is InChI=1S/C15H19N3O/c1-18(12-8-13-6-10-16-11-7-13)15(19)5-4-14-3-2-9-17-14/h2-3,6-7,9-11,17H,4-5,8,12H2,1H3. The van der Waals surface area contributed by atoms with E-state index in [-0.39, 0.29) is 5.91 Å². The molecule has 0 aliphatic rings. The summed E-state index contributed by atoms with van der Waals surface area (Å²) < 4.78 is 0. The minimum absolute atomic E-state index is 0.184. The second kappa shape index (κ2) is 6.73. The summed E-state index contributed by atoms with van der Waals surface area (Å²) in [5.41, 5.74) is 2.31. The summed E-state index contributed by atoms with van der Waals surface area (Å²) >= 11 is 0. The van der Waals surface area contributed by atoms with Gasteiger partial charge in [-0.3, -0.25) is 9.78 Å². The van der Waals surface area contributed by atoms with Crippen molar-refractivity contribution in [1.82, 2.24) is 14.9 Å². The van der Waals surface area contributed by atoms with Crippen molar-refractivity contribution < 1.29 is 4.79 Å². The summed E-state index contributed by atoms with van der Waals surface area (Å²) in [6.07, 6.45) is 7.63. The number of carbonyl (C=O) groups excluding carboxylic acids is 1. The van der Waals surface area contributed by atoms with Crippen LogP contribution in [-0.4, -0.2) is 34.4 Å². The molecule has 2 heterocycles. The lowest BCUT2D eigenvalue weighted by molar-refractivity contribution is -0.129. The largest absolute Gasteiger partial charge is 0.365 e. The first-order valence-electron chi connectivity index (χ1n) is 6.51. The van der Waals surface area contributed by atoms with E-state index in [1.165, 1.54) is 5.56 Å². The van der Waals surface area contributed by atoms with Crippen molar-refractivity contribution >= 4 is 5.91 Å². The average Bonchev–Trinajstić information content (AvgIpc) is 2.96. The van der Waals surface area contributed by atoms with Crippen LogP contribution in [0.5, 0.6) is 0 Å². The number of rotatable bonds is 6. The number of nitrogens with zero attached hydrogens (tertiary/aromatic N) is 2. The lowest BCUT2D eigenvalue weighted by atomic mass is 10.2. The molecule has 0 radical (unpaired) electrons. The minimum atomic E-state index is 0.184. The number of aryl methyl sites for hydroxylation is 1. The van der Waals surface area contributed by atoms with Crippen molar-refractivity contribution in [2.75, 3.05) is 13.6 Å². The molecule has 2 aromatic heterocycles. The zero-order valence-electron chi connectivity index (χ0n) is 11.2. The zero-order chi connectivity index (χ0) is 13.5. The average molecular weight is 257 g/mol. The van der Waals surface area contributed by atoms with Crippen molar-refractivity contribution in [2.24, 2.45) is 0 Å². The predicted molar refractivity (Wildman–Crippen MR) is 74.7 cm³/mol. The molecule has 19 heavy (non-hydrogen) atoms. The Morgan fingerprint density at radius 1 is 1.26 bits per heavy atom. The molecule has 0 aromatic carbocycles. The van der Waals surface area contributed by atoms with E-state index in [4.69, 9.17) is 0 Å². The number of hydrogen-bond acceptors (Lipinski definition) is 2. The van der Waals surface area contributed by atoms with Gasteiger partial charge in [-0.1, -0.05) is 0 Å². The molecule has 1 amide bonds. The Bertz CT molecular complexity index is 493. The number of likely N-dealkylation sites (N-methyl/N-ethyl adjacent to an activating group) is 1. The molecule has 0 saturated heterocycles. The Balaban J connectivity index is 1.73. The molecule has 0 bridgehead atoms. The third-order valence-electron chi connectivity index (χ3n) is 3.18. The smallest absolute Gasteiger partial charge is 0.222 e. The highest BCUT2D eigenvalue weighted by Gasteiger charge is 2.08. The van der Waals surface area contributed by atoms with Crippen molar-refractivity contribution in [3.8, 4) is 0 Å². The van der Waals surface area contributed by atoms with Gasteiger partial charge in [0.1, 0.15) is 0 Å². The van der Waals surface area contributed by atoms with E-state index < -0.39 is 0 Å². The highest BCUT2D eigenvalue weighted by Crippen LogP contribution is 2.03. The van der Waals surface area contributed by atoms with Crippen molar-refractivity contribution in [3.05, 3.63) is 54.1 Å². The van der Waals surface area contributed by atoms with Gasteiger partial charge in [0.05, 0.1) is 0 Å². The number of pyridine rings is 1. The summed E-state index contributed by atoms with van der Waals surface area (Å²) in [4.78, 5) is 20.8. The van der Waals surface area contributed by atoms with E-state index in [1.807, 2.05) is 37.5 Å². The predicted octanol–water partition coefficient (Wildman–Crippen LogP) is 2.04. The van der Waals surface area contributed by atoms with Crippen LogP contribution in [-0.2, 0) is 17.6 Å². The topological polar surface area (TPSA) is 49.0 Å². The Morgan fingerprint density at radius 3 is 2.74 bits per heavy atom. The van der Waals surface area contributed by atoms with Crippen LogP contribution in [0.2, 0.25) is 0 Å². The summed E-state index contributed by atoms with van der Waals surface area (Å²) in [7, 11) is 1.86. The second-order valence-corrected chi connectivity index (χ2v) is 4.62. The fourth-order valence-electron chi connectivity index (χ4n) is 1.93. The quantitative estimate of drug-likeness (QED) is 0.861. The molecular formula is C15H19N3O. The van der Waals surface area contributed by atoms with Crippen molar-refractivity contribution in [1.29, 1.82) is 0 Å². The maximum atomic E-state index is 12.0. The number of nitrogens with one attached hydrogen (secondary N) is 1. The Labute approximate surface area is 113 Å². The van der Waals surface area contributed by atoms with Crippen molar-refractivity contribution in [2.45, 2.75) is 19.3 Å². The minimum Gasteiger partial charge on any atom is -0.365 e. The van der Waals surface area contributed by atoms with Crippen LogP contribution in [0.4, 0.5) is 0 Å². The summed E-state index contributed by atoms with van der Waals surface area (Å²) in [5.74, 6) is 0.184. The number of aromatic nitrogens is 2. The summed E-state index contributed by atoms with van der Waals surface area (Å²) in [6.45, 7) is 0.744. The number of amides is 1. The van der Waals surface area contributed by atoms with E-state index in [2.05, 4.69) is 9.97 Å². The summed E-state index contributed by atoms with van der Waals surface area (Å²) in [6, 6.07) is 7.92. The number of aromatic amines is 1. The van der Waals surface area contributed by atoms with Crippen LogP contribution in [0, 0.1) is 0 Å². The van der Waals surface area contributed by atoms with Gasteiger partial charge in [0, 0.05) is 44.3 Å². The fraction of sp³-hybridized carbons (Fsp3) is 0.333. The van der Waals surface area contributed by atoms with Gasteiger partial charge < -0.3 is 9.88 Å². The van der Waals surface area contributed by atoms with E-state index in [9.17, 15) is 4.79 Å². The van der Waals surface area contributed by atoms with Gasteiger partial charge in [-0.05, 0) is 42.7 Å². The highest BCUT2D eigenvalue weighted by molar-refractivity contribution is 5.76. The molecule has 0 aliphatic heterocycles. The van der Waals surface area contributed by atoms with Crippen LogP contribution in [0.25, 0.3) is 0 Å². The fourth-order valence-corrected chi connectivity index (χ4v) is 1.93. The first kappa shape index (κ1) is 13.3. The molecular weight excluding hydrogens is 238 g/mol. The van der Waals surface area contributed by atoms with Crippen molar-refractivity contribution in [3.63, 3.8) is 0 Å². The van der Waals surface area contributed by atoms with E-state index >= 15 is 0 Å². The number of H-pyrrole nitrogens is 1. The molecule has 100 valence electrons. The Morgan fingerprint density at radius 2 is 2.05 bits per heavy atom. The maximum Gasteiger partial charge on any atom is 0.222 e. The van der Waals surface area contributed by atoms with E-state index in [0.717, 1.165) is 25.1 Å². The van der Waals surface area contributed by atoms with Crippen LogP contribution in [0.15, 0.2) is 42.9 Å². The first-order valence-corrected chi connectivity index (χ1v) is 6.51. The molecule has 0 unspecified atom stereocenters. The van der Waals surface area contributed by atoms with Gasteiger partial charge in [-0.2, -0.15) is 0 Å². The first-order chi connectivity index (χ1) is 9.25. The van der Waals surface area contributed by atoms with Gasteiger partial charge in [-0.25, -0.2) is 0 Å². The number of hydrogen-bond donors (Lipinski definition) is 1. The lowest BCUT2D eigenvalue weighted by Gasteiger charge is -2.16. The van der Waals surface area contributed by atoms with Gasteiger partial charge in [0.15, 0.2) is 0 Å². The highest BCUT2D eigenvalue weighted by atomic mass is 16.2. The molecule has 1 N–H and O–H groups in total. The number of carbonyl (C=O) groups is 1. The Kier molecular flexibility index (Phi) is 4.72. The van der Waals surface area contributed by atoms with Crippen LogP contribution in [0.3, 0.4) is 0 Å². The molecule has 4 nitrogen and oxygen atoms in total. The third-order valence-corrected chi connectivity index (χ3v) is 3.18. The lowest BCUT2D eigenvalue weighted by Crippen LogP contribution is -2.29. The van der Waals surface area contributed by atoms with E-state index in [0.29, 0.717) is 6.42 Å². The van der Waals surface area contributed by atoms with Gasteiger partial charge in [0.2, 0.25) is 5.91 Å². The molecule has 0 saturated carbocycles. The third kappa shape index (κ3) is 4.25. The van der Waals surface area contributed by atoms with E-state index in [1.54, 1.807) is 17.3 Å². The molecule has 0 fully saturated rings. The zero-order valence-corrected chi connectivity index (χ0v) is 11.2.